The minimum Gasteiger partial charge on any atom is -0.331 e. The Morgan fingerprint density at radius 1 is 1.33 bits per heavy atom. The molecule has 2 aliphatic rings. The molecule has 2 aliphatic heterocycles. The van der Waals surface area contributed by atoms with Crippen LogP contribution in [0.4, 0.5) is 5.69 Å². The quantitative estimate of drug-likeness (QED) is 0.666. The first-order valence-electron chi connectivity index (χ1n) is 7.36. The third-order valence-corrected chi connectivity index (χ3v) is 4.53. The second-order valence-corrected chi connectivity index (χ2v) is 5.85. The maximum atomic E-state index is 12.8. The molecule has 1 aromatic carbocycles. The van der Waals surface area contributed by atoms with Gasteiger partial charge in [0.2, 0.25) is 0 Å². The Bertz CT molecular complexity index is 574. The molecule has 1 amide bonds. The van der Waals surface area contributed by atoms with Gasteiger partial charge >= 0.3 is 0 Å². The summed E-state index contributed by atoms with van der Waals surface area (Å²) in [6.45, 7) is 3.46. The first-order valence-corrected chi connectivity index (χ1v) is 7.36. The number of hydrogen-bond donors (Lipinski definition) is 1. The van der Waals surface area contributed by atoms with Crippen LogP contribution in [0.15, 0.2) is 18.2 Å². The van der Waals surface area contributed by atoms with Crippen molar-refractivity contribution >= 4 is 11.6 Å². The smallest absolute Gasteiger partial charge is 0.272 e. The molecule has 2 saturated heterocycles. The first-order chi connectivity index (χ1) is 10.1. The van der Waals surface area contributed by atoms with Crippen LogP contribution in [0.25, 0.3) is 0 Å². The molecular formula is C15H19N3O3. The lowest BCUT2D eigenvalue weighted by molar-refractivity contribution is -0.385. The topological polar surface area (TPSA) is 75.5 Å². The summed E-state index contributed by atoms with van der Waals surface area (Å²) in [6.07, 6.45) is 3.08. The SMILES string of the molecule is Cc1cc(C(=O)N2C3CCNCC2CC3)ccc1[N+](=O)[O-]. The lowest BCUT2D eigenvalue weighted by Crippen LogP contribution is -2.42. The predicted octanol–water partition coefficient (Wildman–Crippen LogP) is 1.87. The van der Waals surface area contributed by atoms with E-state index in [1.54, 1.807) is 19.1 Å². The van der Waals surface area contributed by atoms with Crippen LogP contribution in [0, 0.1) is 17.0 Å². The zero-order chi connectivity index (χ0) is 15.0. The van der Waals surface area contributed by atoms with E-state index in [1.165, 1.54) is 6.07 Å². The van der Waals surface area contributed by atoms with Gasteiger partial charge in [0.25, 0.3) is 11.6 Å². The van der Waals surface area contributed by atoms with Gasteiger partial charge in [-0.25, -0.2) is 0 Å². The average molecular weight is 289 g/mol. The van der Waals surface area contributed by atoms with E-state index in [9.17, 15) is 14.9 Å². The van der Waals surface area contributed by atoms with Gasteiger partial charge in [-0.2, -0.15) is 0 Å². The normalized spacial score (nSPS) is 24.7. The Morgan fingerprint density at radius 3 is 2.81 bits per heavy atom. The van der Waals surface area contributed by atoms with E-state index in [0.717, 1.165) is 32.4 Å². The van der Waals surface area contributed by atoms with E-state index in [1.807, 2.05) is 4.90 Å². The van der Waals surface area contributed by atoms with E-state index in [4.69, 9.17) is 0 Å². The molecular weight excluding hydrogens is 270 g/mol. The number of rotatable bonds is 2. The van der Waals surface area contributed by atoms with Crippen LogP contribution in [0.2, 0.25) is 0 Å². The van der Waals surface area contributed by atoms with Crippen LogP contribution in [0.1, 0.15) is 35.2 Å². The fourth-order valence-electron chi connectivity index (χ4n) is 3.46. The fraction of sp³-hybridized carbons (Fsp3) is 0.533. The molecule has 6 heteroatoms. The van der Waals surface area contributed by atoms with Crippen molar-refractivity contribution < 1.29 is 9.72 Å². The van der Waals surface area contributed by atoms with E-state index in [2.05, 4.69) is 5.32 Å². The number of carbonyl (C=O) groups excluding carboxylic acids is 1. The zero-order valence-corrected chi connectivity index (χ0v) is 12.0. The molecule has 0 spiro atoms. The van der Waals surface area contributed by atoms with Gasteiger partial charge in [0.05, 0.1) is 4.92 Å². The van der Waals surface area contributed by atoms with Crippen molar-refractivity contribution in [2.75, 3.05) is 13.1 Å². The molecule has 0 aliphatic carbocycles. The molecule has 1 N–H and O–H groups in total. The molecule has 2 atom stereocenters. The van der Waals surface area contributed by atoms with Crippen molar-refractivity contribution in [3.05, 3.63) is 39.4 Å². The van der Waals surface area contributed by atoms with Gasteiger partial charge in [-0.3, -0.25) is 14.9 Å². The van der Waals surface area contributed by atoms with Crippen LogP contribution >= 0.6 is 0 Å². The van der Waals surface area contributed by atoms with Crippen molar-refractivity contribution in [3.63, 3.8) is 0 Å². The summed E-state index contributed by atoms with van der Waals surface area (Å²) in [5, 5.41) is 14.2. The van der Waals surface area contributed by atoms with Crippen molar-refractivity contribution in [1.82, 2.24) is 10.2 Å². The fourth-order valence-corrected chi connectivity index (χ4v) is 3.46. The Balaban J connectivity index is 1.88. The van der Waals surface area contributed by atoms with E-state index in [0.29, 0.717) is 17.2 Å². The van der Waals surface area contributed by atoms with Crippen molar-refractivity contribution in [2.24, 2.45) is 0 Å². The number of fused-ring (bicyclic) bond motifs is 2. The van der Waals surface area contributed by atoms with Crippen LogP contribution in [-0.2, 0) is 0 Å². The molecule has 2 bridgehead atoms. The minimum absolute atomic E-state index is 0.00389. The van der Waals surface area contributed by atoms with Gasteiger partial charge in [-0.15, -0.1) is 0 Å². The molecule has 21 heavy (non-hydrogen) atoms. The van der Waals surface area contributed by atoms with Gasteiger partial charge in [-0.1, -0.05) is 0 Å². The van der Waals surface area contributed by atoms with Gasteiger partial charge in [0.1, 0.15) is 0 Å². The van der Waals surface area contributed by atoms with Gasteiger partial charge in [0, 0.05) is 35.8 Å². The highest BCUT2D eigenvalue weighted by Crippen LogP contribution is 2.30. The zero-order valence-electron chi connectivity index (χ0n) is 12.0. The minimum atomic E-state index is -0.414. The van der Waals surface area contributed by atoms with Crippen molar-refractivity contribution in [2.45, 2.75) is 38.3 Å². The molecule has 2 fully saturated rings. The number of benzene rings is 1. The Kier molecular flexibility index (Phi) is 3.63. The molecule has 1 aromatic rings. The van der Waals surface area contributed by atoms with Crippen molar-refractivity contribution in [3.8, 4) is 0 Å². The Labute approximate surface area is 123 Å². The highest BCUT2D eigenvalue weighted by atomic mass is 16.6. The molecule has 0 aromatic heterocycles. The lowest BCUT2D eigenvalue weighted by atomic mass is 10.1. The highest BCUT2D eigenvalue weighted by molar-refractivity contribution is 5.95. The number of nitrogens with zero attached hydrogens (tertiary/aromatic N) is 2. The summed E-state index contributed by atoms with van der Waals surface area (Å²) in [5.74, 6) is 0.00389. The molecule has 3 rings (SSSR count). The van der Waals surface area contributed by atoms with Crippen LogP contribution in [-0.4, -0.2) is 40.9 Å². The van der Waals surface area contributed by atoms with E-state index < -0.39 is 4.92 Å². The van der Waals surface area contributed by atoms with Gasteiger partial charge in [-0.05, 0) is 44.9 Å². The lowest BCUT2D eigenvalue weighted by Gasteiger charge is -2.28. The number of nitro benzene ring substituents is 1. The molecule has 112 valence electrons. The number of aryl methyl sites for hydroxylation is 1. The number of carbonyl (C=O) groups is 1. The third kappa shape index (κ3) is 2.51. The van der Waals surface area contributed by atoms with Crippen LogP contribution in [0.5, 0.6) is 0 Å². The van der Waals surface area contributed by atoms with Gasteiger partial charge < -0.3 is 10.2 Å². The molecule has 2 heterocycles. The first kappa shape index (κ1) is 14.0. The molecule has 0 saturated carbocycles. The predicted molar refractivity (Wildman–Crippen MR) is 78.3 cm³/mol. The van der Waals surface area contributed by atoms with E-state index >= 15 is 0 Å². The summed E-state index contributed by atoms with van der Waals surface area (Å²) in [6, 6.07) is 5.19. The third-order valence-electron chi connectivity index (χ3n) is 4.53. The summed E-state index contributed by atoms with van der Waals surface area (Å²) >= 11 is 0. The monoisotopic (exact) mass is 289 g/mol. The number of nitrogens with one attached hydrogen (secondary N) is 1. The largest absolute Gasteiger partial charge is 0.331 e. The Hall–Kier alpha value is -1.95. The summed E-state index contributed by atoms with van der Waals surface area (Å²) in [5.41, 5.74) is 1.15. The van der Waals surface area contributed by atoms with Gasteiger partial charge in [0.15, 0.2) is 0 Å². The second-order valence-electron chi connectivity index (χ2n) is 5.85. The van der Waals surface area contributed by atoms with Crippen LogP contribution in [0.3, 0.4) is 0 Å². The van der Waals surface area contributed by atoms with Crippen LogP contribution < -0.4 is 5.32 Å². The Morgan fingerprint density at radius 2 is 2.10 bits per heavy atom. The summed E-state index contributed by atoms with van der Waals surface area (Å²) < 4.78 is 0. The maximum absolute atomic E-state index is 12.8. The number of hydrogen-bond acceptors (Lipinski definition) is 4. The molecule has 6 nitrogen and oxygen atoms in total. The van der Waals surface area contributed by atoms with Crippen molar-refractivity contribution in [1.29, 1.82) is 0 Å². The number of amides is 1. The van der Waals surface area contributed by atoms with E-state index in [-0.39, 0.29) is 17.6 Å². The molecule has 2 unspecified atom stereocenters. The number of nitro groups is 1. The molecule has 0 radical (unpaired) electrons. The second kappa shape index (κ2) is 5.44. The summed E-state index contributed by atoms with van der Waals surface area (Å²) in [4.78, 5) is 25.2. The average Bonchev–Trinajstić information content (AvgIpc) is 2.70. The maximum Gasteiger partial charge on any atom is 0.272 e. The highest BCUT2D eigenvalue weighted by Gasteiger charge is 2.38. The summed E-state index contributed by atoms with van der Waals surface area (Å²) in [7, 11) is 0. The standard InChI is InChI=1S/C15H19N3O3/c1-10-8-11(2-5-14(10)18(20)21)15(19)17-12-3-4-13(17)9-16-7-6-12/h2,5,8,12-13,16H,3-4,6-7,9H2,1H3.